The maximum atomic E-state index is 13.0. The second kappa shape index (κ2) is 8.45. The highest BCUT2D eigenvalue weighted by Crippen LogP contribution is 2.25. The van der Waals surface area contributed by atoms with Gasteiger partial charge in [-0.15, -0.1) is 11.3 Å². The van der Waals surface area contributed by atoms with E-state index in [1.165, 1.54) is 0 Å². The van der Waals surface area contributed by atoms with E-state index < -0.39 is 0 Å². The minimum absolute atomic E-state index is 0.0437. The third-order valence-corrected chi connectivity index (χ3v) is 5.81. The number of fused-ring (bicyclic) bond motifs is 2. The quantitative estimate of drug-likeness (QED) is 0.520. The van der Waals surface area contributed by atoms with Crippen LogP contribution in [0.5, 0.6) is 0 Å². The fourth-order valence-electron chi connectivity index (χ4n) is 3.13. The predicted octanol–water partition coefficient (Wildman–Crippen LogP) is 5.46. The largest absolute Gasteiger partial charge is 0.339 e. The standard InChI is InChI=1S/C22H25NO2S/c1-3-5-13-23(14-6-4-2)22(25)16-11-12-18-20(15-16)26-19-10-8-7-9-17(19)21(18)24/h7-12,15H,3-6,13-14H2,1-2H3. The molecule has 0 saturated carbocycles. The number of carbonyl (C=O) groups excluding carboxylic acids is 1. The minimum Gasteiger partial charge on any atom is -0.339 e. The normalized spacial score (nSPS) is 11.2. The van der Waals surface area contributed by atoms with Crippen molar-refractivity contribution in [3.05, 3.63) is 58.3 Å². The van der Waals surface area contributed by atoms with Gasteiger partial charge in [-0.2, -0.15) is 0 Å². The summed E-state index contributed by atoms with van der Waals surface area (Å²) < 4.78 is 1.84. The molecule has 0 spiro atoms. The molecule has 26 heavy (non-hydrogen) atoms. The zero-order chi connectivity index (χ0) is 18.5. The second-order valence-corrected chi connectivity index (χ2v) is 7.72. The van der Waals surface area contributed by atoms with Crippen LogP contribution in [0.1, 0.15) is 49.9 Å². The van der Waals surface area contributed by atoms with Crippen LogP contribution in [0, 0.1) is 0 Å². The molecule has 0 N–H and O–H groups in total. The lowest BCUT2D eigenvalue weighted by Crippen LogP contribution is -2.32. The number of hydrogen-bond acceptors (Lipinski definition) is 3. The maximum Gasteiger partial charge on any atom is 0.253 e. The van der Waals surface area contributed by atoms with Crippen molar-refractivity contribution in [3.8, 4) is 0 Å². The van der Waals surface area contributed by atoms with Crippen LogP contribution in [-0.2, 0) is 0 Å². The Balaban J connectivity index is 2.00. The monoisotopic (exact) mass is 367 g/mol. The molecule has 0 saturated heterocycles. The zero-order valence-corrected chi connectivity index (χ0v) is 16.3. The van der Waals surface area contributed by atoms with Crippen molar-refractivity contribution in [2.75, 3.05) is 13.1 Å². The van der Waals surface area contributed by atoms with Crippen molar-refractivity contribution in [3.63, 3.8) is 0 Å². The molecule has 3 rings (SSSR count). The van der Waals surface area contributed by atoms with Gasteiger partial charge in [-0.25, -0.2) is 0 Å². The van der Waals surface area contributed by atoms with Gasteiger partial charge in [0, 0.05) is 38.8 Å². The Hall–Kier alpha value is -2.20. The molecule has 3 aromatic rings. The van der Waals surface area contributed by atoms with Crippen LogP contribution in [0.25, 0.3) is 20.2 Å². The van der Waals surface area contributed by atoms with Crippen molar-refractivity contribution in [2.24, 2.45) is 0 Å². The topological polar surface area (TPSA) is 37.4 Å². The molecule has 0 aliphatic rings. The fraction of sp³-hybridized carbons (Fsp3) is 0.364. The van der Waals surface area contributed by atoms with E-state index in [1.807, 2.05) is 41.3 Å². The molecule has 1 amide bonds. The van der Waals surface area contributed by atoms with Gasteiger partial charge in [0.25, 0.3) is 5.91 Å². The first-order valence-corrected chi connectivity index (χ1v) is 10.2. The summed E-state index contributed by atoms with van der Waals surface area (Å²) in [5, 5.41) is 1.44. The fourth-order valence-corrected chi connectivity index (χ4v) is 4.24. The van der Waals surface area contributed by atoms with Gasteiger partial charge in [-0.3, -0.25) is 9.59 Å². The molecular weight excluding hydrogens is 342 g/mol. The number of nitrogens with zero attached hydrogens (tertiary/aromatic N) is 1. The molecule has 3 nitrogen and oxygen atoms in total. The minimum atomic E-state index is 0.0437. The number of amides is 1. The zero-order valence-electron chi connectivity index (χ0n) is 15.5. The summed E-state index contributed by atoms with van der Waals surface area (Å²) in [6.07, 6.45) is 4.17. The third kappa shape index (κ3) is 3.80. The lowest BCUT2D eigenvalue weighted by atomic mass is 10.1. The van der Waals surface area contributed by atoms with Crippen molar-refractivity contribution >= 4 is 37.4 Å². The Kier molecular flexibility index (Phi) is 6.04. The summed E-state index contributed by atoms with van der Waals surface area (Å²) in [7, 11) is 0. The number of unbranched alkanes of at least 4 members (excludes halogenated alkanes) is 2. The van der Waals surface area contributed by atoms with Crippen LogP contribution in [0.3, 0.4) is 0 Å². The van der Waals surface area contributed by atoms with Gasteiger partial charge >= 0.3 is 0 Å². The lowest BCUT2D eigenvalue weighted by molar-refractivity contribution is 0.0751. The summed E-state index contributed by atoms with van der Waals surface area (Å²) in [4.78, 5) is 27.7. The van der Waals surface area contributed by atoms with E-state index in [0.29, 0.717) is 10.9 Å². The Bertz CT molecular complexity index is 969. The SMILES string of the molecule is CCCCN(CCCC)C(=O)c1ccc2c(=O)c3ccccc3sc2c1. The molecule has 2 aromatic carbocycles. The summed E-state index contributed by atoms with van der Waals surface area (Å²) in [5.74, 6) is 0.0709. The van der Waals surface area contributed by atoms with E-state index in [1.54, 1.807) is 17.4 Å². The molecule has 0 unspecified atom stereocenters. The number of hydrogen-bond donors (Lipinski definition) is 0. The summed E-state index contributed by atoms with van der Waals surface area (Å²) >= 11 is 1.57. The van der Waals surface area contributed by atoms with E-state index in [4.69, 9.17) is 0 Å². The van der Waals surface area contributed by atoms with Crippen LogP contribution in [0.4, 0.5) is 0 Å². The molecule has 1 heterocycles. The van der Waals surface area contributed by atoms with Gasteiger partial charge in [0.2, 0.25) is 0 Å². The maximum absolute atomic E-state index is 13.0. The predicted molar refractivity (Wildman–Crippen MR) is 111 cm³/mol. The smallest absolute Gasteiger partial charge is 0.253 e. The highest BCUT2D eigenvalue weighted by molar-refractivity contribution is 7.24. The Labute approximate surface area is 158 Å². The molecule has 0 atom stereocenters. The molecule has 136 valence electrons. The van der Waals surface area contributed by atoms with Crippen LogP contribution >= 0.6 is 11.3 Å². The summed E-state index contributed by atoms with van der Waals surface area (Å²) in [6.45, 7) is 5.87. The van der Waals surface area contributed by atoms with E-state index in [2.05, 4.69) is 13.8 Å². The molecular formula is C22H25NO2S. The van der Waals surface area contributed by atoms with Crippen molar-refractivity contribution in [2.45, 2.75) is 39.5 Å². The Morgan fingerprint density at radius 2 is 1.58 bits per heavy atom. The van der Waals surface area contributed by atoms with Crippen LogP contribution in [-0.4, -0.2) is 23.9 Å². The first-order chi connectivity index (χ1) is 12.7. The number of benzene rings is 2. The van der Waals surface area contributed by atoms with Gasteiger partial charge < -0.3 is 4.90 Å². The average molecular weight is 368 g/mol. The Morgan fingerprint density at radius 1 is 0.923 bits per heavy atom. The van der Waals surface area contributed by atoms with Crippen LogP contribution in [0.15, 0.2) is 47.3 Å². The summed E-state index contributed by atoms with van der Waals surface area (Å²) in [6, 6.07) is 13.2. The van der Waals surface area contributed by atoms with Gasteiger partial charge in [-0.05, 0) is 43.2 Å². The van der Waals surface area contributed by atoms with Crippen molar-refractivity contribution in [1.82, 2.24) is 4.90 Å². The van der Waals surface area contributed by atoms with Crippen molar-refractivity contribution < 1.29 is 4.79 Å². The van der Waals surface area contributed by atoms with Crippen LogP contribution < -0.4 is 5.43 Å². The van der Waals surface area contributed by atoms with E-state index in [-0.39, 0.29) is 11.3 Å². The average Bonchev–Trinajstić information content (AvgIpc) is 2.67. The second-order valence-electron chi connectivity index (χ2n) is 6.64. The molecule has 0 fully saturated rings. The number of carbonyl (C=O) groups is 1. The van der Waals surface area contributed by atoms with Crippen LogP contribution in [0.2, 0.25) is 0 Å². The molecule has 0 aliphatic heterocycles. The highest BCUT2D eigenvalue weighted by atomic mass is 32.1. The van der Waals surface area contributed by atoms with Gasteiger partial charge in [0.05, 0.1) is 0 Å². The van der Waals surface area contributed by atoms with E-state index >= 15 is 0 Å². The Morgan fingerprint density at radius 3 is 2.27 bits per heavy atom. The molecule has 0 bridgehead atoms. The first-order valence-electron chi connectivity index (χ1n) is 9.40. The third-order valence-electron chi connectivity index (χ3n) is 4.68. The molecule has 1 aromatic heterocycles. The first kappa shape index (κ1) is 18.6. The number of rotatable bonds is 7. The molecule has 0 radical (unpaired) electrons. The molecule has 4 heteroatoms. The van der Waals surface area contributed by atoms with E-state index in [9.17, 15) is 9.59 Å². The van der Waals surface area contributed by atoms with Gasteiger partial charge in [0.15, 0.2) is 5.43 Å². The van der Waals surface area contributed by atoms with Gasteiger partial charge in [0.1, 0.15) is 0 Å². The lowest BCUT2D eigenvalue weighted by Gasteiger charge is -2.22. The van der Waals surface area contributed by atoms with Gasteiger partial charge in [-0.1, -0.05) is 38.8 Å². The summed E-state index contributed by atoms with van der Waals surface area (Å²) in [5.41, 5.74) is 0.720. The van der Waals surface area contributed by atoms with E-state index in [0.717, 1.165) is 53.6 Å². The van der Waals surface area contributed by atoms with Crippen molar-refractivity contribution in [1.29, 1.82) is 0 Å². The highest BCUT2D eigenvalue weighted by Gasteiger charge is 2.16. The molecule has 0 aliphatic carbocycles.